The van der Waals surface area contributed by atoms with Gasteiger partial charge in [0, 0.05) is 20.1 Å². The normalized spacial score (nSPS) is 20.1. The molecule has 3 rings (SSSR count). The van der Waals surface area contributed by atoms with E-state index in [-0.39, 0.29) is 18.4 Å². The van der Waals surface area contributed by atoms with Crippen LogP contribution < -0.4 is 11.2 Å². The van der Waals surface area contributed by atoms with E-state index in [2.05, 4.69) is 4.98 Å². The van der Waals surface area contributed by atoms with Crippen LogP contribution in [-0.4, -0.2) is 57.2 Å². The molecule has 25 heavy (non-hydrogen) atoms. The number of likely N-dealkylation sites (tertiary alicyclic amines) is 1. The lowest BCUT2D eigenvalue weighted by molar-refractivity contribution is -0.148. The number of aromatic nitrogens is 2. The SMILES string of the molecule is COC1CC(C(=O)O)N(C(=O)Cn2c(=O)[nH]c3ccccc3c2=O)C1. The van der Waals surface area contributed by atoms with Gasteiger partial charge in [-0.05, 0) is 12.1 Å². The molecule has 0 spiro atoms. The first-order valence-electron chi connectivity index (χ1n) is 7.69. The highest BCUT2D eigenvalue weighted by Crippen LogP contribution is 2.20. The number of rotatable bonds is 4. The molecule has 1 aromatic carbocycles. The summed E-state index contributed by atoms with van der Waals surface area (Å²) in [6, 6.07) is 5.44. The molecule has 1 aromatic heterocycles. The monoisotopic (exact) mass is 347 g/mol. The van der Waals surface area contributed by atoms with Crippen LogP contribution in [0.4, 0.5) is 0 Å². The first-order chi connectivity index (χ1) is 11.9. The minimum Gasteiger partial charge on any atom is -0.480 e. The number of carbonyl (C=O) groups is 2. The van der Waals surface area contributed by atoms with Crippen LogP contribution in [0.5, 0.6) is 0 Å². The number of nitrogens with zero attached hydrogens (tertiary/aromatic N) is 2. The average Bonchev–Trinajstić information content (AvgIpc) is 3.03. The second-order valence-electron chi connectivity index (χ2n) is 5.86. The Kier molecular flexibility index (Phi) is 4.41. The molecule has 1 saturated heterocycles. The van der Waals surface area contributed by atoms with E-state index in [9.17, 15) is 24.3 Å². The number of hydrogen-bond acceptors (Lipinski definition) is 5. The molecule has 1 fully saturated rings. The van der Waals surface area contributed by atoms with Gasteiger partial charge in [-0.25, -0.2) is 9.59 Å². The molecule has 132 valence electrons. The van der Waals surface area contributed by atoms with Crippen LogP contribution in [-0.2, 0) is 20.9 Å². The van der Waals surface area contributed by atoms with Crippen molar-refractivity contribution in [2.75, 3.05) is 13.7 Å². The number of para-hydroxylation sites is 1. The molecule has 0 bridgehead atoms. The third kappa shape index (κ3) is 3.05. The van der Waals surface area contributed by atoms with E-state index in [0.29, 0.717) is 5.52 Å². The third-order valence-electron chi connectivity index (χ3n) is 4.38. The number of H-pyrrole nitrogens is 1. The highest BCUT2D eigenvalue weighted by molar-refractivity contribution is 5.84. The summed E-state index contributed by atoms with van der Waals surface area (Å²) in [6.45, 7) is -0.425. The van der Waals surface area contributed by atoms with Gasteiger partial charge >= 0.3 is 11.7 Å². The van der Waals surface area contributed by atoms with Crippen molar-refractivity contribution in [3.8, 4) is 0 Å². The molecule has 0 saturated carbocycles. The van der Waals surface area contributed by atoms with Gasteiger partial charge in [-0.1, -0.05) is 12.1 Å². The Labute approximate surface area is 141 Å². The summed E-state index contributed by atoms with van der Waals surface area (Å²) in [5.41, 5.74) is -0.932. The maximum Gasteiger partial charge on any atom is 0.329 e. The number of aliphatic carboxylic acids is 1. The van der Waals surface area contributed by atoms with E-state index < -0.39 is 41.8 Å². The number of aromatic amines is 1. The summed E-state index contributed by atoms with van der Waals surface area (Å²) in [5, 5.41) is 9.56. The maximum absolute atomic E-state index is 12.5. The van der Waals surface area contributed by atoms with Crippen molar-refractivity contribution in [2.24, 2.45) is 0 Å². The van der Waals surface area contributed by atoms with Gasteiger partial charge in [-0.2, -0.15) is 0 Å². The lowest BCUT2D eigenvalue weighted by Gasteiger charge is -2.21. The zero-order valence-electron chi connectivity index (χ0n) is 13.5. The molecular formula is C16H17N3O6. The molecule has 2 unspecified atom stereocenters. The fraction of sp³-hybridized carbons (Fsp3) is 0.375. The van der Waals surface area contributed by atoms with Gasteiger partial charge in [0.15, 0.2) is 0 Å². The molecule has 0 radical (unpaired) electrons. The third-order valence-corrected chi connectivity index (χ3v) is 4.38. The van der Waals surface area contributed by atoms with Gasteiger partial charge in [0.1, 0.15) is 12.6 Å². The molecule has 1 amide bonds. The Morgan fingerprint density at radius 1 is 1.32 bits per heavy atom. The number of hydrogen-bond donors (Lipinski definition) is 2. The Bertz CT molecular complexity index is 947. The van der Waals surface area contributed by atoms with Crippen molar-refractivity contribution in [1.29, 1.82) is 0 Å². The van der Waals surface area contributed by atoms with Crippen molar-refractivity contribution >= 4 is 22.8 Å². The summed E-state index contributed by atoms with van der Waals surface area (Å²) in [6.07, 6.45) is -0.225. The first kappa shape index (κ1) is 16.9. The van der Waals surface area contributed by atoms with E-state index in [4.69, 9.17) is 4.74 Å². The van der Waals surface area contributed by atoms with Crippen LogP contribution in [0.25, 0.3) is 10.9 Å². The predicted octanol–water partition coefficient (Wildman–Crippen LogP) is -0.610. The smallest absolute Gasteiger partial charge is 0.329 e. The largest absolute Gasteiger partial charge is 0.480 e. The van der Waals surface area contributed by atoms with Crippen molar-refractivity contribution in [3.63, 3.8) is 0 Å². The standard InChI is InChI=1S/C16H17N3O6/c1-25-9-6-12(15(22)23)18(7-9)13(20)8-19-14(21)10-4-2-3-5-11(10)17-16(19)24/h2-5,9,12H,6-8H2,1H3,(H,17,24)(H,22,23). The molecule has 1 aliphatic heterocycles. The molecule has 9 heteroatoms. The zero-order valence-corrected chi connectivity index (χ0v) is 13.5. The Morgan fingerprint density at radius 3 is 2.72 bits per heavy atom. The molecular weight excluding hydrogens is 330 g/mol. The quantitative estimate of drug-likeness (QED) is 0.761. The summed E-state index contributed by atoms with van der Waals surface area (Å²) >= 11 is 0. The van der Waals surface area contributed by atoms with Crippen LogP contribution in [0.3, 0.4) is 0 Å². The van der Waals surface area contributed by atoms with E-state index in [0.717, 1.165) is 9.47 Å². The van der Waals surface area contributed by atoms with Gasteiger partial charge in [-0.3, -0.25) is 14.2 Å². The number of fused-ring (bicyclic) bond motifs is 1. The number of ether oxygens (including phenoxy) is 1. The minimum atomic E-state index is -1.15. The van der Waals surface area contributed by atoms with Crippen molar-refractivity contribution in [1.82, 2.24) is 14.5 Å². The summed E-state index contributed by atoms with van der Waals surface area (Å²) < 4.78 is 5.92. The maximum atomic E-state index is 12.5. The van der Waals surface area contributed by atoms with E-state index in [1.807, 2.05) is 0 Å². The van der Waals surface area contributed by atoms with Gasteiger partial charge < -0.3 is 19.7 Å². The van der Waals surface area contributed by atoms with Gasteiger partial charge in [0.2, 0.25) is 5.91 Å². The number of carboxylic acid groups (broad SMARTS) is 1. The number of carbonyl (C=O) groups excluding carboxylic acids is 1. The fourth-order valence-electron chi connectivity index (χ4n) is 3.05. The summed E-state index contributed by atoms with van der Waals surface area (Å²) in [7, 11) is 1.44. The number of benzene rings is 1. The summed E-state index contributed by atoms with van der Waals surface area (Å²) in [5.74, 6) is -1.76. The number of amides is 1. The highest BCUT2D eigenvalue weighted by atomic mass is 16.5. The second kappa shape index (κ2) is 6.52. The first-order valence-corrected chi connectivity index (χ1v) is 7.69. The Balaban J connectivity index is 1.93. The van der Waals surface area contributed by atoms with Gasteiger partial charge in [0.25, 0.3) is 5.56 Å². The molecule has 2 atom stereocenters. The predicted molar refractivity (Wildman–Crippen MR) is 87.4 cm³/mol. The van der Waals surface area contributed by atoms with E-state index in [1.165, 1.54) is 7.11 Å². The zero-order chi connectivity index (χ0) is 18.1. The average molecular weight is 347 g/mol. The molecule has 2 heterocycles. The van der Waals surface area contributed by atoms with Gasteiger partial charge in [0.05, 0.1) is 17.0 Å². The molecule has 0 aliphatic carbocycles. The molecule has 9 nitrogen and oxygen atoms in total. The van der Waals surface area contributed by atoms with Crippen molar-refractivity contribution in [3.05, 3.63) is 45.1 Å². The number of carboxylic acids is 1. The van der Waals surface area contributed by atoms with Crippen LogP contribution >= 0.6 is 0 Å². The van der Waals surface area contributed by atoms with Crippen LogP contribution in [0.1, 0.15) is 6.42 Å². The highest BCUT2D eigenvalue weighted by Gasteiger charge is 2.39. The molecule has 1 aliphatic rings. The van der Waals surface area contributed by atoms with E-state index in [1.54, 1.807) is 24.3 Å². The molecule has 2 N–H and O–H groups in total. The van der Waals surface area contributed by atoms with Crippen LogP contribution in [0.2, 0.25) is 0 Å². The Hall–Kier alpha value is -2.94. The fourth-order valence-corrected chi connectivity index (χ4v) is 3.05. The number of methoxy groups -OCH3 is 1. The van der Waals surface area contributed by atoms with Crippen LogP contribution in [0.15, 0.2) is 33.9 Å². The second-order valence-corrected chi connectivity index (χ2v) is 5.86. The number of nitrogens with one attached hydrogen (secondary N) is 1. The molecule has 2 aromatic rings. The summed E-state index contributed by atoms with van der Waals surface area (Å²) in [4.78, 5) is 52.2. The Morgan fingerprint density at radius 2 is 2.04 bits per heavy atom. The minimum absolute atomic E-state index is 0.104. The van der Waals surface area contributed by atoms with Gasteiger partial charge in [-0.15, -0.1) is 0 Å². The van der Waals surface area contributed by atoms with Crippen molar-refractivity contribution < 1.29 is 19.4 Å². The van der Waals surface area contributed by atoms with Crippen molar-refractivity contribution in [2.45, 2.75) is 25.1 Å². The lowest BCUT2D eigenvalue weighted by Crippen LogP contribution is -2.46. The van der Waals surface area contributed by atoms with Crippen LogP contribution in [0, 0.1) is 0 Å². The van der Waals surface area contributed by atoms with E-state index >= 15 is 0 Å². The lowest BCUT2D eigenvalue weighted by atomic mass is 10.2. The topological polar surface area (TPSA) is 122 Å².